The molecule has 5 nitrogen and oxygen atoms in total. The van der Waals surface area contributed by atoms with Crippen molar-refractivity contribution in [2.75, 3.05) is 34.0 Å². The number of rotatable bonds is 3. The summed E-state index contributed by atoms with van der Waals surface area (Å²) in [5, 5.41) is 0. The third-order valence-corrected chi connectivity index (χ3v) is 6.25. The van der Waals surface area contributed by atoms with E-state index < -0.39 is 0 Å². The van der Waals surface area contributed by atoms with Crippen molar-refractivity contribution in [3.8, 4) is 11.5 Å². The molecule has 0 radical (unpaired) electrons. The minimum absolute atomic E-state index is 0.0230. The van der Waals surface area contributed by atoms with Gasteiger partial charge in [-0.3, -0.25) is 4.79 Å². The first-order chi connectivity index (χ1) is 12.2. The Kier molecular flexibility index (Phi) is 4.36. The Bertz CT molecular complexity index is 662. The van der Waals surface area contributed by atoms with Crippen molar-refractivity contribution in [2.45, 2.75) is 44.1 Å². The van der Waals surface area contributed by atoms with Crippen molar-refractivity contribution >= 4 is 5.91 Å². The monoisotopic (exact) mass is 345 g/mol. The lowest BCUT2D eigenvalue weighted by atomic mass is 9.69. The van der Waals surface area contributed by atoms with Gasteiger partial charge in [0, 0.05) is 37.6 Å². The molecule has 0 N–H and O–H groups in total. The second kappa shape index (κ2) is 6.52. The maximum Gasteiger partial charge on any atom is 0.226 e. The van der Waals surface area contributed by atoms with Crippen LogP contribution in [0, 0.1) is 5.92 Å². The van der Waals surface area contributed by atoms with Crippen molar-refractivity contribution in [3.05, 3.63) is 23.3 Å². The van der Waals surface area contributed by atoms with Crippen LogP contribution in [0.5, 0.6) is 11.5 Å². The van der Waals surface area contributed by atoms with Crippen molar-refractivity contribution in [3.63, 3.8) is 0 Å². The van der Waals surface area contributed by atoms with E-state index in [0.717, 1.165) is 56.9 Å². The summed E-state index contributed by atoms with van der Waals surface area (Å²) in [7, 11) is 3.34. The van der Waals surface area contributed by atoms with E-state index >= 15 is 0 Å². The molecule has 0 bridgehead atoms. The molecule has 0 aromatic heterocycles. The number of carbonyl (C=O) groups is 1. The van der Waals surface area contributed by atoms with E-state index in [1.165, 1.54) is 17.5 Å². The molecular formula is C20H27NO4. The second-order valence-corrected chi connectivity index (χ2v) is 7.58. The summed E-state index contributed by atoms with van der Waals surface area (Å²) >= 11 is 0. The molecule has 0 unspecified atom stereocenters. The van der Waals surface area contributed by atoms with Gasteiger partial charge in [-0.15, -0.1) is 0 Å². The van der Waals surface area contributed by atoms with E-state index in [0.29, 0.717) is 12.5 Å². The third kappa shape index (κ3) is 2.78. The predicted octanol–water partition coefficient (Wildman–Crippen LogP) is 2.89. The van der Waals surface area contributed by atoms with Crippen molar-refractivity contribution < 1.29 is 19.0 Å². The zero-order valence-corrected chi connectivity index (χ0v) is 15.2. The van der Waals surface area contributed by atoms with Crippen LogP contribution in [0.3, 0.4) is 0 Å². The van der Waals surface area contributed by atoms with Crippen molar-refractivity contribution in [1.29, 1.82) is 0 Å². The molecule has 2 fully saturated rings. The summed E-state index contributed by atoms with van der Waals surface area (Å²) in [5.41, 5.74) is 2.48. The number of ether oxygens (including phenoxy) is 3. The molecule has 1 aromatic rings. The highest BCUT2D eigenvalue weighted by Crippen LogP contribution is 2.46. The van der Waals surface area contributed by atoms with Gasteiger partial charge in [-0.1, -0.05) is 6.42 Å². The number of benzene rings is 1. The smallest absolute Gasteiger partial charge is 0.226 e. The van der Waals surface area contributed by atoms with Gasteiger partial charge in [0.1, 0.15) is 0 Å². The summed E-state index contributed by atoms with van der Waals surface area (Å²) in [6, 6.07) is 4.19. The highest BCUT2D eigenvalue weighted by Gasteiger charge is 2.44. The summed E-state index contributed by atoms with van der Waals surface area (Å²) in [6.07, 6.45) is 5.17. The Balaban J connectivity index is 1.74. The molecule has 1 aliphatic carbocycles. The van der Waals surface area contributed by atoms with Gasteiger partial charge in [-0.2, -0.15) is 0 Å². The van der Waals surface area contributed by atoms with Crippen LogP contribution in [-0.2, 0) is 21.5 Å². The van der Waals surface area contributed by atoms with Crippen LogP contribution < -0.4 is 9.47 Å². The molecule has 136 valence electrons. The van der Waals surface area contributed by atoms with Crippen LogP contribution in [0.1, 0.15) is 43.2 Å². The average molecular weight is 345 g/mol. The van der Waals surface area contributed by atoms with Crippen LogP contribution in [0.25, 0.3) is 0 Å². The zero-order valence-electron chi connectivity index (χ0n) is 15.2. The normalized spacial score (nSPS) is 22.2. The first-order valence-corrected chi connectivity index (χ1v) is 9.29. The lowest BCUT2D eigenvalue weighted by Gasteiger charge is -2.47. The number of hydrogen-bond acceptors (Lipinski definition) is 4. The first-order valence-electron chi connectivity index (χ1n) is 9.29. The Morgan fingerprint density at radius 2 is 1.84 bits per heavy atom. The highest BCUT2D eigenvalue weighted by molar-refractivity contribution is 5.80. The quantitative estimate of drug-likeness (QED) is 0.845. The third-order valence-electron chi connectivity index (χ3n) is 6.25. The SMILES string of the molecule is COc1cc2c(cc1OC)C1(CCOCC1)CN(C(=O)C1CCC1)C2. The average Bonchev–Trinajstić information content (AvgIpc) is 2.59. The number of fused-ring (bicyclic) bond motifs is 2. The van der Waals surface area contributed by atoms with Gasteiger partial charge in [0.15, 0.2) is 11.5 Å². The predicted molar refractivity (Wildman–Crippen MR) is 94.0 cm³/mol. The number of hydrogen-bond donors (Lipinski definition) is 0. The Morgan fingerprint density at radius 3 is 2.44 bits per heavy atom. The fraction of sp³-hybridized carbons (Fsp3) is 0.650. The highest BCUT2D eigenvalue weighted by atomic mass is 16.5. The van der Waals surface area contributed by atoms with Crippen LogP contribution in [-0.4, -0.2) is 44.8 Å². The van der Waals surface area contributed by atoms with E-state index in [4.69, 9.17) is 14.2 Å². The minimum Gasteiger partial charge on any atom is -0.493 e. The molecule has 4 rings (SSSR count). The summed E-state index contributed by atoms with van der Waals surface area (Å²) in [5.74, 6) is 2.07. The molecule has 2 heterocycles. The molecule has 1 saturated carbocycles. The van der Waals surface area contributed by atoms with E-state index in [1.54, 1.807) is 14.2 Å². The molecule has 5 heteroatoms. The molecule has 1 spiro atoms. The van der Waals surface area contributed by atoms with Crippen LogP contribution in [0.4, 0.5) is 0 Å². The summed E-state index contributed by atoms with van der Waals surface area (Å²) in [4.78, 5) is 15.0. The lowest BCUT2D eigenvalue weighted by Crippen LogP contribution is -2.52. The fourth-order valence-corrected chi connectivity index (χ4v) is 4.52. The minimum atomic E-state index is -0.0230. The number of carbonyl (C=O) groups excluding carboxylic acids is 1. The van der Waals surface area contributed by atoms with Crippen LogP contribution >= 0.6 is 0 Å². The molecule has 1 amide bonds. The van der Waals surface area contributed by atoms with Crippen molar-refractivity contribution in [1.82, 2.24) is 4.90 Å². The van der Waals surface area contributed by atoms with Crippen LogP contribution in [0.2, 0.25) is 0 Å². The zero-order chi connectivity index (χ0) is 17.4. The Morgan fingerprint density at radius 1 is 1.16 bits per heavy atom. The van der Waals surface area contributed by atoms with E-state index in [2.05, 4.69) is 17.0 Å². The largest absolute Gasteiger partial charge is 0.493 e. The summed E-state index contributed by atoms with van der Waals surface area (Å²) < 4.78 is 16.7. The standard InChI is InChI=1S/C20H27NO4/c1-23-17-10-15-12-21(19(22)14-4-3-5-14)13-20(6-8-25-9-7-20)16(15)11-18(17)24-2/h10-11,14H,3-9,12-13H2,1-2H3. The summed E-state index contributed by atoms with van der Waals surface area (Å²) in [6.45, 7) is 2.97. The Labute approximate surface area is 149 Å². The molecule has 1 aromatic carbocycles. The van der Waals surface area contributed by atoms with Gasteiger partial charge in [0.05, 0.1) is 14.2 Å². The van der Waals surface area contributed by atoms with E-state index in [1.807, 2.05) is 0 Å². The maximum absolute atomic E-state index is 12.9. The van der Waals surface area contributed by atoms with Gasteiger partial charge >= 0.3 is 0 Å². The second-order valence-electron chi connectivity index (χ2n) is 7.58. The molecule has 3 aliphatic rings. The first kappa shape index (κ1) is 16.7. The molecule has 0 atom stereocenters. The molecule has 1 saturated heterocycles. The van der Waals surface area contributed by atoms with Gasteiger partial charge < -0.3 is 19.1 Å². The number of methoxy groups -OCH3 is 2. The lowest BCUT2D eigenvalue weighted by molar-refractivity contribution is -0.141. The van der Waals surface area contributed by atoms with Gasteiger partial charge in [0.2, 0.25) is 5.91 Å². The maximum atomic E-state index is 12.9. The van der Waals surface area contributed by atoms with Gasteiger partial charge in [-0.05, 0) is 48.9 Å². The van der Waals surface area contributed by atoms with Gasteiger partial charge in [0.25, 0.3) is 0 Å². The fourth-order valence-electron chi connectivity index (χ4n) is 4.52. The molecule has 2 aliphatic heterocycles. The molecule has 25 heavy (non-hydrogen) atoms. The van der Waals surface area contributed by atoms with Gasteiger partial charge in [-0.25, -0.2) is 0 Å². The molecular weight excluding hydrogens is 318 g/mol. The van der Waals surface area contributed by atoms with E-state index in [9.17, 15) is 4.79 Å². The number of nitrogens with zero attached hydrogens (tertiary/aromatic N) is 1. The topological polar surface area (TPSA) is 48.0 Å². The van der Waals surface area contributed by atoms with Crippen molar-refractivity contribution in [2.24, 2.45) is 5.92 Å². The number of amides is 1. The van der Waals surface area contributed by atoms with Crippen LogP contribution in [0.15, 0.2) is 12.1 Å². The Hall–Kier alpha value is -1.75. The van der Waals surface area contributed by atoms with E-state index in [-0.39, 0.29) is 11.3 Å².